The van der Waals surface area contributed by atoms with Crippen molar-refractivity contribution in [3.8, 4) is 5.75 Å². The topological polar surface area (TPSA) is 84.0 Å². The molecule has 7 nitrogen and oxygen atoms in total. The molecule has 3 rings (SSSR count). The van der Waals surface area contributed by atoms with Crippen LogP contribution in [0.4, 0.5) is 4.79 Å². The summed E-state index contributed by atoms with van der Waals surface area (Å²) in [7, 11) is 1.52. The van der Waals surface area contributed by atoms with Crippen LogP contribution in [0.2, 0.25) is 0 Å². The van der Waals surface area contributed by atoms with E-state index < -0.39 is 30.2 Å². The van der Waals surface area contributed by atoms with Gasteiger partial charge in [0.2, 0.25) is 0 Å². The van der Waals surface area contributed by atoms with Gasteiger partial charge in [-0.3, -0.25) is 19.3 Å². The van der Waals surface area contributed by atoms with Crippen molar-refractivity contribution in [1.29, 1.82) is 0 Å². The van der Waals surface area contributed by atoms with Gasteiger partial charge in [-0.25, -0.2) is 9.69 Å². The zero-order chi connectivity index (χ0) is 18.8. The first-order chi connectivity index (χ1) is 12.4. The van der Waals surface area contributed by atoms with Crippen molar-refractivity contribution >= 4 is 23.6 Å². The molecule has 1 aromatic rings. The predicted molar refractivity (Wildman–Crippen MR) is 92.7 cm³/mol. The molecule has 1 aliphatic heterocycles. The summed E-state index contributed by atoms with van der Waals surface area (Å²) in [6.07, 6.45) is 3.60. The molecule has 0 aromatic heterocycles. The van der Waals surface area contributed by atoms with E-state index in [9.17, 15) is 19.2 Å². The Bertz CT molecular complexity index is 743. The first kappa shape index (κ1) is 18.1. The number of rotatable bonds is 5. The van der Waals surface area contributed by atoms with Crippen LogP contribution in [0.3, 0.4) is 0 Å². The minimum atomic E-state index is -0.922. The Labute approximate surface area is 151 Å². The van der Waals surface area contributed by atoms with Gasteiger partial charge in [0.1, 0.15) is 5.75 Å². The summed E-state index contributed by atoms with van der Waals surface area (Å²) in [5.41, 5.74) is 0.350. The maximum atomic E-state index is 12.7. The molecule has 2 fully saturated rings. The quantitative estimate of drug-likeness (QED) is 0.458. The van der Waals surface area contributed by atoms with Gasteiger partial charge in [-0.2, -0.15) is 0 Å². The number of hydrogen-bond donors (Lipinski definition) is 0. The number of hydrogen-bond acceptors (Lipinski definition) is 5. The Hall–Kier alpha value is -2.70. The molecule has 1 saturated carbocycles. The van der Waals surface area contributed by atoms with Crippen LogP contribution in [-0.2, 0) is 9.59 Å². The lowest BCUT2D eigenvalue weighted by atomic mass is 9.85. The average molecular weight is 358 g/mol. The number of nitrogens with zero attached hydrogens (tertiary/aromatic N) is 2. The first-order valence-electron chi connectivity index (χ1n) is 8.80. The van der Waals surface area contributed by atoms with Crippen LogP contribution in [0.15, 0.2) is 24.3 Å². The van der Waals surface area contributed by atoms with Gasteiger partial charge in [0.05, 0.1) is 13.7 Å². The van der Waals surface area contributed by atoms with E-state index in [0.717, 1.165) is 29.1 Å². The predicted octanol–water partition coefficient (Wildman–Crippen LogP) is 2.25. The Morgan fingerprint density at radius 3 is 2.35 bits per heavy atom. The van der Waals surface area contributed by atoms with Crippen molar-refractivity contribution in [2.45, 2.75) is 38.6 Å². The molecule has 0 unspecified atom stereocenters. The lowest BCUT2D eigenvalue weighted by Gasteiger charge is -2.34. The number of ketones is 1. The normalized spacial score (nSPS) is 23.5. The number of carbonyl (C=O) groups is 4. The summed E-state index contributed by atoms with van der Waals surface area (Å²) in [4.78, 5) is 51.6. The highest BCUT2D eigenvalue weighted by molar-refractivity contribution is 6.45. The summed E-state index contributed by atoms with van der Waals surface area (Å²) in [5, 5.41) is 0. The summed E-state index contributed by atoms with van der Waals surface area (Å²) >= 11 is 0. The summed E-state index contributed by atoms with van der Waals surface area (Å²) in [6, 6.07) is 5.43. The highest BCUT2D eigenvalue weighted by atomic mass is 16.5. The molecule has 7 heteroatoms. The molecule has 0 N–H and O–H groups in total. The highest BCUT2D eigenvalue weighted by Crippen LogP contribution is 2.31. The van der Waals surface area contributed by atoms with Crippen molar-refractivity contribution in [1.82, 2.24) is 9.80 Å². The molecule has 1 aliphatic carbocycles. The Morgan fingerprint density at radius 1 is 1.08 bits per heavy atom. The van der Waals surface area contributed by atoms with Crippen molar-refractivity contribution in [3.05, 3.63) is 29.8 Å². The molecule has 0 spiro atoms. The minimum absolute atomic E-state index is 0.154. The van der Waals surface area contributed by atoms with Gasteiger partial charge >= 0.3 is 17.8 Å². The maximum Gasteiger partial charge on any atom is 0.334 e. The molecule has 2 aliphatic rings. The van der Waals surface area contributed by atoms with Crippen molar-refractivity contribution in [2.24, 2.45) is 5.92 Å². The fraction of sp³-hybridized carbons (Fsp3) is 0.474. The average Bonchev–Trinajstić information content (AvgIpc) is 2.86. The standard InChI is InChI=1S/C19H22N2O5/c1-12-5-3-4-6-15(12)21-18(24)17(23)20(19(21)25)11-16(22)13-7-9-14(26-2)10-8-13/h7-10,12,15H,3-6,11H2,1-2H3/t12-,15-/m0/s1. The molecule has 1 heterocycles. The monoisotopic (exact) mass is 358 g/mol. The summed E-state index contributed by atoms with van der Waals surface area (Å²) in [5.74, 6) is -1.39. The summed E-state index contributed by atoms with van der Waals surface area (Å²) in [6.45, 7) is 1.55. The van der Waals surface area contributed by atoms with E-state index in [1.54, 1.807) is 24.3 Å². The second-order valence-corrected chi connectivity index (χ2v) is 6.83. The van der Waals surface area contributed by atoms with Gasteiger partial charge in [-0.05, 0) is 43.0 Å². The lowest BCUT2D eigenvalue weighted by Crippen LogP contribution is -2.46. The molecule has 4 amide bonds. The van der Waals surface area contributed by atoms with Gasteiger partial charge in [-0.1, -0.05) is 19.8 Å². The van der Waals surface area contributed by atoms with Crippen LogP contribution in [0, 0.1) is 5.92 Å². The van der Waals surface area contributed by atoms with E-state index in [-0.39, 0.29) is 12.0 Å². The van der Waals surface area contributed by atoms with E-state index in [4.69, 9.17) is 4.74 Å². The van der Waals surface area contributed by atoms with Crippen LogP contribution >= 0.6 is 0 Å². The Morgan fingerprint density at radius 2 is 1.73 bits per heavy atom. The fourth-order valence-corrected chi connectivity index (χ4v) is 3.65. The van der Waals surface area contributed by atoms with E-state index in [0.29, 0.717) is 17.7 Å². The molecular weight excluding hydrogens is 336 g/mol. The highest BCUT2D eigenvalue weighted by Gasteiger charge is 2.49. The van der Waals surface area contributed by atoms with Gasteiger partial charge in [-0.15, -0.1) is 0 Å². The third-order valence-electron chi connectivity index (χ3n) is 5.20. The second kappa shape index (κ2) is 7.27. The maximum absolute atomic E-state index is 12.7. The van der Waals surface area contributed by atoms with Crippen LogP contribution in [0.5, 0.6) is 5.75 Å². The number of methoxy groups -OCH3 is 1. The number of ether oxygens (including phenoxy) is 1. The minimum Gasteiger partial charge on any atom is -0.497 e. The number of urea groups is 1. The molecule has 138 valence electrons. The molecule has 1 aromatic carbocycles. The van der Waals surface area contributed by atoms with Gasteiger partial charge in [0.25, 0.3) is 0 Å². The third-order valence-corrected chi connectivity index (χ3v) is 5.20. The van der Waals surface area contributed by atoms with Gasteiger partial charge in [0, 0.05) is 11.6 Å². The molecule has 0 radical (unpaired) electrons. The molecular formula is C19H22N2O5. The largest absolute Gasteiger partial charge is 0.497 e. The van der Waals surface area contributed by atoms with Crippen LogP contribution < -0.4 is 4.74 Å². The van der Waals surface area contributed by atoms with Gasteiger partial charge in [0.15, 0.2) is 5.78 Å². The number of amides is 4. The molecule has 2 atom stereocenters. The van der Waals surface area contributed by atoms with Crippen LogP contribution in [-0.4, -0.2) is 53.1 Å². The molecule has 26 heavy (non-hydrogen) atoms. The zero-order valence-electron chi connectivity index (χ0n) is 14.9. The number of benzene rings is 1. The lowest BCUT2D eigenvalue weighted by molar-refractivity contribution is -0.144. The zero-order valence-corrected chi connectivity index (χ0v) is 14.9. The SMILES string of the molecule is COc1ccc(C(=O)CN2C(=O)C(=O)N([C@H]3CCCC[C@@H]3C)C2=O)cc1. The fourth-order valence-electron chi connectivity index (χ4n) is 3.65. The first-order valence-corrected chi connectivity index (χ1v) is 8.80. The van der Waals surface area contributed by atoms with Crippen molar-refractivity contribution in [2.75, 3.05) is 13.7 Å². The smallest absolute Gasteiger partial charge is 0.334 e. The van der Waals surface area contributed by atoms with E-state index in [1.807, 2.05) is 6.92 Å². The van der Waals surface area contributed by atoms with Gasteiger partial charge < -0.3 is 4.74 Å². The molecule has 0 bridgehead atoms. The third kappa shape index (κ3) is 3.21. The second-order valence-electron chi connectivity index (χ2n) is 6.83. The van der Waals surface area contributed by atoms with Crippen molar-refractivity contribution in [3.63, 3.8) is 0 Å². The van der Waals surface area contributed by atoms with E-state index in [1.165, 1.54) is 7.11 Å². The molecule has 1 saturated heterocycles. The van der Waals surface area contributed by atoms with E-state index >= 15 is 0 Å². The summed E-state index contributed by atoms with van der Waals surface area (Å²) < 4.78 is 5.04. The number of Topliss-reactive ketones (excluding diaryl/α,β-unsaturated/α-hetero) is 1. The Balaban J connectivity index is 1.75. The van der Waals surface area contributed by atoms with E-state index in [2.05, 4.69) is 0 Å². The van der Waals surface area contributed by atoms with Crippen LogP contribution in [0.25, 0.3) is 0 Å². The number of imide groups is 2. The van der Waals surface area contributed by atoms with Crippen LogP contribution in [0.1, 0.15) is 43.0 Å². The Kier molecular flexibility index (Phi) is 5.06. The number of carbonyl (C=O) groups excluding carboxylic acids is 4. The van der Waals surface area contributed by atoms with Crippen molar-refractivity contribution < 1.29 is 23.9 Å².